The van der Waals surface area contributed by atoms with Crippen LogP contribution in [0.5, 0.6) is 0 Å². The molecule has 0 spiro atoms. The first-order valence-electron chi connectivity index (χ1n) is 6.51. The van der Waals surface area contributed by atoms with Crippen LogP contribution in [-0.4, -0.2) is 20.1 Å². The summed E-state index contributed by atoms with van der Waals surface area (Å²) in [5.74, 6) is 0.425. The second kappa shape index (κ2) is 7.21. The molecule has 21 heavy (non-hydrogen) atoms. The molecule has 112 valence electrons. The predicted octanol–water partition coefficient (Wildman–Crippen LogP) is 2.29. The van der Waals surface area contributed by atoms with Crippen molar-refractivity contribution in [2.24, 2.45) is 0 Å². The van der Waals surface area contributed by atoms with Gasteiger partial charge in [0.05, 0.1) is 6.26 Å². The van der Waals surface area contributed by atoms with E-state index >= 15 is 0 Å². The van der Waals surface area contributed by atoms with Crippen molar-refractivity contribution in [1.82, 2.24) is 4.72 Å². The lowest BCUT2D eigenvalue weighted by Crippen LogP contribution is -2.23. The van der Waals surface area contributed by atoms with Crippen LogP contribution < -0.4 is 4.72 Å². The fourth-order valence-corrected chi connectivity index (χ4v) is 2.58. The molecule has 1 unspecified atom stereocenters. The van der Waals surface area contributed by atoms with Gasteiger partial charge in [0, 0.05) is 12.0 Å². The number of aliphatic hydroxyl groups is 1. The van der Waals surface area contributed by atoms with Crippen LogP contribution in [0.2, 0.25) is 0 Å². The maximum atomic E-state index is 11.8. The summed E-state index contributed by atoms with van der Waals surface area (Å²) in [5.41, 5.74) is 0.804. The molecule has 1 aromatic carbocycles. The maximum Gasteiger partial charge on any atom is 0.233 e. The highest BCUT2D eigenvalue weighted by Crippen LogP contribution is 2.16. The topological polar surface area (TPSA) is 79.5 Å². The molecular formula is C15H17NO4S. The summed E-state index contributed by atoms with van der Waals surface area (Å²) >= 11 is 0. The molecule has 2 rings (SSSR count). The molecule has 0 aliphatic heterocycles. The summed E-state index contributed by atoms with van der Waals surface area (Å²) in [6, 6.07) is 12.5. The van der Waals surface area contributed by atoms with Gasteiger partial charge in [-0.2, -0.15) is 0 Å². The first-order chi connectivity index (χ1) is 10.1. The zero-order chi connectivity index (χ0) is 15.1. The van der Waals surface area contributed by atoms with Gasteiger partial charge < -0.3 is 9.52 Å². The van der Waals surface area contributed by atoms with Gasteiger partial charge >= 0.3 is 0 Å². The Kier molecular flexibility index (Phi) is 5.32. The first kappa shape index (κ1) is 15.5. The van der Waals surface area contributed by atoms with Gasteiger partial charge in [-0.05, 0) is 30.2 Å². The third-order valence-corrected chi connectivity index (χ3v) is 3.93. The number of rotatable bonds is 7. The van der Waals surface area contributed by atoms with E-state index < -0.39 is 16.1 Å². The van der Waals surface area contributed by atoms with E-state index in [1.165, 1.54) is 12.3 Å². The van der Waals surface area contributed by atoms with Crippen molar-refractivity contribution in [2.45, 2.75) is 12.5 Å². The van der Waals surface area contributed by atoms with Gasteiger partial charge in [-0.25, -0.2) is 13.1 Å². The predicted molar refractivity (Wildman–Crippen MR) is 80.7 cm³/mol. The molecule has 0 radical (unpaired) electrons. The lowest BCUT2D eigenvalue weighted by atomic mass is 10.2. The minimum Gasteiger partial charge on any atom is -0.467 e. The summed E-state index contributed by atoms with van der Waals surface area (Å²) in [4.78, 5) is 0. The zero-order valence-corrected chi connectivity index (χ0v) is 12.2. The second-order valence-electron chi connectivity index (χ2n) is 4.47. The summed E-state index contributed by atoms with van der Waals surface area (Å²) in [7, 11) is -3.52. The average molecular weight is 307 g/mol. The molecular weight excluding hydrogens is 290 g/mol. The lowest BCUT2D eigenvalue weighted by Gasteiger charge is -2.07. The molecule has 0 bridgehead atoms. The Morgan fingerprint density at radius 3 is 2.62 bits per heavy atom. The third-order valence-electron chi connectivity index (χ3n) is 2.83. The Morgan fingerprint density at radius 2 is 1.95 bits per heavy atom. The van der Waals surface area contributed by atoms with Crippen molar-refractivity contribution in [3.05, 3.63) is 65.5 Å². The summed E-state index contributed by atoms with van der Waals surface area (Å²) in [6.45, 7) is 0.128. The van der Waals surface area contributed by atoms with Gasteiger partial charge in [-0.3, -0.25) is 0 Å². The quantitative estimate of drug-likeness (QED) is 0.822. The largest absolute Gasteiger partial charge is 0.467 e. The SMILES string of the molecule is O=S(=O)(C=Cc1ccccc1)NCCC(O)c1ccco1. The summed E-state index contributed by atoms with van der Waals surface area (Å²) < 4.78 is 31.0. The van der Waals surface area contributed by atoms with Gasteiger partial charge in [0.2, 0.25) is 10.0 Å². The number of sulfonamides is 1. The standard InChI is InChI=1S/C15H17NO4S/c17-14(15-7-4-11-20-15)8-10-16-21(18,19)12-9-13-5-2-1-3-6-13/h1-7,9,11-12,14,16-17H,8,10H2. The Labute approximate surface area is 124 Å². The fraction of sp³-hybridized carbons (Fsp3) is 0.200. The van der Waals surface area contributed by atoms with Gasteiger partial charge in [-0.1, -0.05) is 30.3 Å². The van der Waals surface area contributed by atoms with Gasteiger partial charge in [0.15, 0.2) is 0 Å². The first-order valence-corrected chi connectivity index (χ1v) is 8.06. The number of hydrogen-bond donors (Lipinski definition) is 2. The number of nitrogens with one attached hydrogen (secondary N) is 1. The third kappa shape index (κ3) is 5.18. The Morgan fingerprint density at radius 1 is 1.19 bits per heavy atom. The number of aliphatic hydroxyl groups excluding tert-OH is 1. The fourth-order valence-electron chi connectivity index (χ4n) is 1.74. The van der Waals surface area contributed by atoms with E-state index in [-0.39, 0.29) is 13.0 Å². The molecule has 0 saturated carbocycles. The lowest BCUT2D eigenvalue weighted by molar-refractivity contribution is 0.142. The Hall–Kier alpha value is -1.89. The van der Waals surface area contributed by atoms with Gasteiger partial charge in [0.25, 0.3) is 0 Å². The van der Waals surface area contributed by atoms with Crippen LogP contribution in [-0.2, 0) is 10.0 Å². The van der Waals surface area contributed by atoms with Crippen LogP contribution >= 0.6 is 0 Å². The van der Waals surface area contributed by atoms with Crippen LogP contribution in [0.3, 0.4) is 0 Å². The van der Waals surface area contributed by atoms with Crippen LogP contribution in [0.25, 0.3) is 6.08 Å². The van der Waals surface area contributed by atoms with E-state index in [9.17, 15) is 13.5 Å². The normalized spacial score (nSPS) is 13.6. The summed E-state index contributed by atoms with van der Waals surface area (Å²) in [6.07, 6.45) is 2.41. The second-order valence-corrected chi connectivity index (χ2v) is 6.12. The molecule has 1 atom stereocenters. The van der Waals surface area contributed by atoms with Crippen molar-refractivity contribution >= 4 is 16.1 Å². The van der Waals surface area contributed by atoms with Gasteiger partial charge in [0.1, 0.15) is 11.9 Å². The monoisotopic (exact) mass is 307 g/mol. The molecule has 1 heterocycles. The number of hydrogen-bond acceptors (Lipinski definition) is 4. The van der Waals surface area contributed by atoms with Crippen LogP contribution in [0, 0.1) is 0 Å². The maximum absolute atomic E-state index is 11.8. The van der Waals surface area contributed by atoms with Crippen molar-refractivity contribution in [3.8, 4) is 0 Å². The van der Waals surface area contributed by atoms with Gasteiger partial charge in [-0.15, -0.1) is 0 Å². The van der Waals surface area contributed by atoms with E-state index in [1.807, 2.05) is 30.3 Å². The molecule has 0 fully saturated rings. The summed E-state index contributed by atoms with van der Waals surface area (Å²) in [5, 5.41) is 10.9. The number of furan rings is 1. The molecule has 0 amide bonds. The molecule has 5 nitrogen and oxygen atoms in total. The van der Waals surface area contributed by atoms with E-state index in [0.29, 0.717) is 5.76 Å². The van der Waals surface area contributed by atoms with Crippen molar-refractivity contribution < 1.29 is 17.9 Å². The van der Waals surface area contributed by atoms with E-state index in [1.54, 1.807) is 12.1 Å². The molecule has 0 aliphatic carbocycles. The molecule has 6 heteroatoms. The molecule has 2 N–H and O–H groups in total. The van der Waals surface area contributed by atoms with E-state index in [4.69, 9.17) is 4.42 Å². The molecule has 1 aromatic heterocycles. The van der Waals surface area contributed by atoms with Crippen LogP contribution in [0.4, 0.5) is 0 Å². The highest BCUT2D eigenvalue weighted by atomic mass is 32.2. The minimum absolute atomic E-state index is 0.128. The Balaban J connectivity index is 1.83. The smallest absolute Gasteiger partial charge is 0.233 e. The van der Waals surface area contributed by atoms with E-state index in [0.717, 1.165) is 11.0 Å². The average Bonchev–Trinajstić information content (AvgIpc) is 3.00. The van der Waals surface area contributed by atoms with E-state index in [2.05, 4.69) is 4.72 Å². The zero-order valence-electron chi connectivity index (χ0n) is 11.3. The highest BCUT2D eigenvalue weighted by Gasteiger charge is 2.11. The van der Waals surface area contributed by atoms with Crippen molar-refractivity contribution in [2.75, 3.05) is 6.54 Å². The molecule has 2 aromatic rings. The molecule has 0 aliphatic rings. The van der Waals surface area contributed by atoms with Crippen LogP contribution in [0.15, 0.2) is 58.6 Å². The van der Waals surface area contributed by atoms with Crippen molar-refractivity contribution in [1.29, 1.82) is 0 Å². The Bertz CT molecular complexity index is 663. The highest BCUT2D eigenvalue weighted by molar-refractivity contribution is 7.92. The minimum atomic E-state index is -3.52. The van der Waals surface area contributed by atoms with Crippen LogP contribution in [0.1, 0.15) is 23.8 Å². The number of benzene rings is 1. The van der Waals surface area contributed by atoms with Crippen molar-refractivity contribution in [3.63, 3.8) is 0 Å². The molecule has 0 saturated heterocycles.